The molecule has 0 aliphatic carbocycles. The highest BCUT2D eigenvalue weighted by Crippen LogP contribution is 2.36. The van der Waals surface area contributed by atoms with E-state index in [0.29, 0.717) is 6.07 Å². The smallest absolute Gasteiger partial charge is 0.375 e. The first-order chi connectivity index (χ1) is 8.29. The third-order valence-electron chi connectivity index (χ3n) is 2.16. The molecule has 0 saturated carbocycles. The summed E-state index contributed by atoms with van der Waals surface area (Å²) in [5, 5.41) is 1.38. The minimum atomic E-state index is -4.89. The Labute approximate surface area is 102 Å². The molecule has 0 aliphatic heterocycles. The minimum Gasteiger partial charge on any atom is -0.375 e. The molecule has 8 heteroatoms. The summed E-state index contributed by atoms with van der Waals surface area (Å²) in [7, 11) is 0. The van der Waals surface area contributed by atoms with Gasteiger partial charge in [-0.15, -0.1) is 11.3 Å². The molecule has 0 atom stereocenters. The van der Waals surface area contributed by atoms with Crippen molar-refractivity contribution in [2.24, 2.45) is 0 Å². The highest BCUT2D eigenvalue weighted by Gasteiger charge is 2.35. The van der Waals surface area contributed by atoms with E-state index in [1.165, 1.54) is 5.38 Å². The molecule has 0 saturated heterocycles. The number of anilines is 1. The van der Waals surface area contributed by atoms with Gasteiger partial charge in [0.15, 0.2) is 5.13 Å². The highest BCUT2D eigenvalue weighted by atomic mass is 32.1. The molecule has 1 aromatic carbocycles. The van der Waals surface area contributed by atoms with E-state index in [1.54, 1.807) is 0 Å². The number of benzene rings is 1. The van der Waals surface area contributed by atoms with Crippen LogP contribution in [0.25, 0.3) is 11.3 Å². The second-order valence-electron chi connectivity index (χ2n) is 3.38. The van der Waals surface area contributed by atoms with E-state index < -0.39 is 28.9 Å². The van der Waals surface area contributed by atoms with Crippen molar-refractivity contribution in [3.63, 3.8) is 0 Å². The number of nitrogens with zero attached hydrogens (tertiary/aromatic N) is 1. The summed E-state index contributed by atoms with van der Waals surface area (Å²) in [5.41, 5.74) is 3.28. The van der Waals surface area contributed by atoms with E-state index in [9.17, 15) is 22.0 Å². The largest absolute Gasteiger partial charge is 0.419 e. The Kier molecular flexibility index (Phi) is 2.97. The monoisotopic (exact) mass is 280 g/mol. The molecule has 0 radical (unpaired) electrons. The predicted octanol–water partition coefficient (Wildman–Crippen LogP) is 3.69. The first-order valence-electron chi connectivity index (χ1n) is 4.56. The fourth-order valence-corrected chi connectivity index (χ4v) is 1.94. The van der Waals surface area contributed by atoms with Crippen molar-refractivity contribution >= 4 is 16.5 Å². The molecule has 1 aromatic heterocycles. The Bertz CT molecular complexity index is 590. The second kappa shape index (κ2) is 4.20. The zero-order valence-electron chi connectivity index (χ0n) is 8.55. The molecular weight excluding hydrogens is 275 g/mol. The summed E-state index contributed by atoms with van der Waals surface area (Å²) in [6.45, 7) is 0. The minimum absolute atomic E-state index is 0.0551. The van der Waals surface area contributed by atoms with Gasteiger partial charge in [-0.3, -0.25) is 0 Å². The number of nitrogen functional groups attached to an aromatic ring is 1. The van der Waals surface area contributed by atoms with Crippen LogP contribution in [0.3, 0.4) is 0 Å². The fraction of sp³-hybridized carbons (Fsp3) is 0.100. The maximum absolute atomic E-state index is 13.4. The predicted molar refractivity (Wildman–Crippen MR) is 56.9 cm³/mol. The van der Waals surface area contributed by atoms with Crippen LogP contribution in [0, 0.1) is 11.6 Å². The van der Waals surface area contributed by atoms with Gasteiger partial charge >= 0.3 is 6.18 Å². The van der Waals surface area contributed by atoms with Gasteiger partial charge in [0.05, 0.1) is 11.3 Å². The van der Waals surface area contributed by atoms with Gasteiger partial charge in [-0.25, -0.2) is 13.8 Å². The number of alkyl halides is 3. The molecule has 1 heterocycles. The van der Waals surface area contributed by atoms with Crippen LogP contribution in [-0.4, -0.2) is 4.98 Å². The van der Waals surface area contributed by atoms with Crippen molar-refractivity contribution in [2.45, 2.75) is 6.18 Å². The maximum Gasteiger partial charge on any atom is 0.419 e. The van der Waals surface area contributed by atoms with E-state index in [4.69, 9.17) is 5.73 Å². The van der Waals surface area contributed by atoms with Crippen LogP contribution in [-0.2, 0) is 6.18 Å². The zero-order chi connectivity index (χ0) is 13.5. The van der Waals surface area contributed by atoms with E-state index in [-0.39, 0.29) is 16.9 Å². The van der Waals surface area contributed by atoms with Crippen LogP contribution >= 0.6 is 11.3 Å². The van der Waals surface area contributed by atoms with Crippen molar-refractivity contribution in [3.8, 4) is 11.3 Å². The molecule has 96 valence electrons. The van der Waals surface area contributed by atoms with Gasteiger partial charge in [-0.1, -0.05) is 0 Å². The lowest BCUT2D eigenvalue weighted by Crippen LogP contribution is -2.09. The lowest BCUT2D eigenvalue weighted by molar-refractivity contribution is -0.140. The lowest BCUT2D eigenvalue weighted by Gasteiger charge is -2.10. The normalized spacial score (nSPS) is 11.8. The van der Waals surface area contributed by atoms with Crippen molar-refractivity contribution in [2.75, 3.05) is 5.73 Å². The molecule has 2 N–H and O–H groups in total. The number of thiazole rings is 1. The van der Waals surface area contributed by atoms with Crippen LogP contribution in [0.1, 0.15) is 5.56 Å². The number of halogens is 5. The van der Waals surface area contributed by atoms with E-state index in [2.05, 4.69) is 4.98 Å². The van der Waals surface area contributed by atoms with Gasteiger partial charge in [0.1, 0.15) is 11.6 Å². The van der Waals surface area contributed by atoms with Crippen LogP contribution in [0.4, 0.5) is 27.1 Å². The fourth-order valence-electron chi connectivity index (χ4n) is 1.37. The Hall–Kier alpha value is -1.70. The lowest BCUT2D eigenvalue weighted by atomic mass is 10.1. The molecule has 0 spiro atoms. The molecule has 0 bridgehead atoms. The first kappa shape index (κ1) is 12.7. The number of hydrogen-bond donors (Lipinski definition) is 1. The molecule has 2 aromatic rings. The summed E-state index contributed by atoms with van der Waals surface area (Å²) in [6.07, 6.45) is -4.89. The zero-order valence-corrected chi connectivity index (χ0v) is 9.37. The van der Waals surface area contributed by atoms with Gasteiger partial charge in [-0.05, 0) is 6.07 Å². The van der Waals surface area contributed by atoms with Crippen LogP contribution in [0.5, 0.6) is 0 Å². The second-order valence-corrected chi connectivity index (χ2v) is 4.27. The molecule has 2 rings (SSSR count). The Morgan fingerprint density at radius 3 is 2.28 bits per heavy atom. The number of hydrogen-bond acceptors (Lipinski definition) is 3. The average Bonchev–Trinajstić information content (AvgIpc) is 2.62. The number of aromatic nitrogens is 1. The topological polar surface area (TPSA) is 38.9 Å². The van der Waals surface area contributed by atoms with E-state index in [1.807, 2.05) is 0 Å². The molecule has 2 nitrogen and oxygen atoms in total. The molecular formula is C10H5F5N2S. The SMILES string of the molecule is Nc1nc(-c2cc(C(F)(F)F)c(F)cc2F)cs1. The Morgan fingerprint density at radius 1 is 1.11 bits per heavy atom. The van der Waals surface area contributed by atoms with Crippen molar-refractivity contribution in [1.82, 2.24) is 4.98 Å². The van der Waals surface area contributed by atoms with Crippen molar-refractivity contribution in [3.05, 3.63) is 34.7 Å². The van der Waals surface area contributed by atoms with Gasteiger partial charge in [0, 0.05) is 17.0 Å². The van der Waals surface area contributed by atoms with Crippen LogP contribution < -0.4 is 5.73 Å². The van der Waals surface area contributed by atoms with Gasteiger partial charge < -0.3 is 5.73 Å². The molecule has 0 fully saturated rings. The standard InChI is InChI=1S/C10H5F5N2S/c11-6-2-7(12)5(10(13,14)15)1-4(6)8-3-18-9(16)17-8/h1-3H,(H2,16,17). The van der Waals surface area contributed by atoms with Crippen molar-refractivity contribution < 1.29 is 22.0 Å². The quantitative estimate of drug-likeness (QED) is 0.809. The van der Waals surface area contributed by atoms with Gasteiger partial charge in [0.25, 0.3) is 0 Å². The Morgan fingerprint density at radius 2 is 1.78 bits per heavy atom. The summed E-state index contributed by atoms with van der Waals surface area (Å²) in [5.74, 6) is -2.78. The van der Waals surface area contributed by atoms with Crippen LogP contribution in [0.15, 0.2) is 17.5 Å². The summed E-state index contributed by atoms with van der Waals surface area (Å²) < 4.78 is 63.9. The van der Waals surface area contributed by atoms with Crippen molar-refractivity contribution in [1.29, 1.82) is 0 Å². The maximum atomic E-state index is 13.4. The third-order valence-corrected chi connectivity index (χ3v) is 2.83. The number of rotatable bonds is 1. The highest BCUT2D eigenvalue weighted by molar-refractivity contribution is 7.13. The molecule has 0 aliphatic rings. The third kappa shape index (κ3) is 2.28. The van der Waals surface area contributed by atoms with E-state index >= 15 is 0 Å². The molecule has 0 amide bonds. The number of nitrogens with two attached hydrogens (primary N) is 1. The van der Waals surface area contributed by atoms with Crippen LogP contribution in [0.2, 0.25) is 0 Å². The molecule has 0 unspecified atom stereocenters. The Balaban J connectivity index is 2.62. The summed E-state index contributed by atoms with van der Waals surface area (Å²) >= 11 is 0.950. The van der Waals surface area contributed by atoms with E-state index in [0.717, 1.165) is 11.3 Å². The average molecular weight is 280 g/mol. The first-order valence-corrected chi connectivity index (χ1v) is 5.44. The van der Waals surface area contributed by atoms with Gasteiger partial charge in [0.2, 0.25) is 0 Å². The summed E-state index contributed by atoms with van der Waals surface area (Å²) in [6, 6.07) is 0.576. The van der Waals surface area contributed by atoms with Gasteiger partial charge in [-0.2, -0.15) is 13.2 Å². The molecule has 18 heavy (non-hydrogen) atoms. The summed E-state index contributed by atoms with van der Waals surface area (Å²) in [4.78, 5) is 3.66.